The molecular weight excluding hydrogens is 465 g/mol. The maximum Gasteiger partial charge on any atom is 0.264 e. The first-order valence-corrected chi connectivity index (χ1v) is 12.9. The normalized spacial score (nSPS) is 15.6. The highest BCUT2D eigenvalue weighted by Gasteiger charge is 2.22. The molecule has 1 aliphatic heterocycles. The van der Waals surface area contributed by atoms with Gasteiger partial charge in [-0.2, -0.15) is 0 Å². The fraction of sp³-hybridized carbons (Fsp3) is 0.312. The Balaban J connectivity index is 1.75. The molecular formula is C16H17Cl2N3O4S3. The van der Waals surface area contributed by atoms with E-state index in [0.717, 1.165) is 30.6 Å². The molecule has 0 saturated heterocycles. The largest absolute Gasteiger partial charge is 0.280 e. The Morgan fingerprint density at radius 3 is 2.29 bits per heavy atom. The number of anilines is 1. The summed E-state index contributed by atoms with van der Waals surface area (Å²) in [5.41, 5.74) is 0.198. The van der Waals surface area contributed by atoms with E-state index < -0.39 is 20.0 Å². The van der Waals surface area contributed by atoms with Gasteiger partial charge in [-0.15, -0.1) is 11.3 Å². The van der Waals surface area contributed by atoms with Crippen molar-refractivity contribution in [2.45, 2.75) is 35.5 Å². The summed E-state index contributed by atoms with van der Waals surface area (Å²) in [6.07, 6.45) is 3.43. The predicted octanol–water partition coefficient (Wildman–Crippen LogP) is 4.11. The van der Waals surface area contributed by atoms with Gasteiger partial charge in [-0.1, -0.05) is 29.6 Å². The molecule has 0 unspecified atom stereocenters. The third-order valence-electron chi connectivity index (χ3n) is 3.96. The van der Waals surface area contributed by atoms with Crippen molar-refractivity contribution < 1.29 is 16.8 Å². The van der Waals surface area contributed by atoms with Crippen molar-refractivity contribution in [1.29, 1.82) is 0 Å². The second-order valence-corrected chi connectivity index (χ2v) is 11.7. The van der Waals surface area contributed by atoms with Gasteiger partial charge in [-0.25, -0.2) is 16.8 Å². The number of hydrogen-bond donors (Lipinski definition) is 2. The maximum absolute atomic E-state index is 12.5. The Labute approximate surface area is 177 Å². The lowest BCUT2D eigenvalue weighted by molar-refractivity contribution is 0.591. The summed E-state index contributed by atoms with van der Waals surface area (Å²) in [5.74, 6) is 0.450. The Hall–Kier alpha value is -1.33. The average molecular weight is 482 g/mol. The minimum atomic E-state index is -3.94. The molecule has 0 spiro atoms. The fourth-order valence-electron chi connectivity index (χ4n) is 2.59. The number of amidine groups is 1. The van der Waals surface area contributed by atoms with Crippen LogP contribution in [0, 0.1) is 0 Å². The molecule has 0 bridgehead atoms. The SMILES string of the molecule is O=S(=O)(NC1=NCCCCC1)c1ccc(NS(=O)(=O)c2cc(Cl)sc2Cl)cc1. The molecule has 2 aromatic rings. The highest BCUT2D eigenvalue weighted by molar-refractivity contribution is 7.93. The lowest BCUT2D eigenvalue weighted by Crippen LogP contribution is -2.30. The van der Waals surface area contributed by atoms with Crippen LogP contribution in [0.4, 0.5) is 5.69 Å². The van der Waals surface area contributed by atoms with Gasteiger partial charge in [0.1, 0.15) is 15.1 Å². The van der Waals surface area contributed by atoms with E-state index in [1.807, 2.05) is 0 Å². The molecule has 2 heterocycles. The second kappa shape index (κ2) is 8.58. The summed E-state index contributed by atoms with van der Waals surface area (Å²) in [6.45, 7) is 0.605. The molecule has 1 aromatic carbocycles. The van der Waals surface area contributed by atoms with Gasteiger partial charge in [0.15, 0.2) is 0 Å². The van der Waals surface area contributed by atoms with E-state index in [2.05, 4.69) is 14.4 Å². The van der Waals surface area contributed by atoms with Gasteiger partial charge in [-0.05, 0) is 43.2 Å². The Morgan fingerprint density at radius 2 is 1.64 bits per heavy atom. The van der Waals surface area contributed by atoms with Gasteiger partial charge >= 0.3 is 0 Å². The highest BCUT2D eigenvalue weighted by Crippen LogP contribution is 2.35. The van der Waals surface area contributed by atoms with Crippen molar-refractivity contribution in [3.05, 3.63) is 39.0 Å². The van der Waals surface area contributed by atoms with E-state index in [1.165, 1.54) is 30.3 Å². The summed E-state index contributed by atoms with van der Waals surface area (Å²) in [7, 11) is -7.73. The van der Waals surface area contributed by atoms with Gasteiger partial charge in [0.05, 0.1) is 9.23 Å². The standard InChI is InChI=1S/C16H17Cl2N3O4S3/c17-14-10-13(16(18)26-14)28(24,25)20-11-5-7-12(8-6-11)27(22,23)21-15-4-2-1-3-9-19-15/h5-8,10,20H,1-4,9H2,(H,19,21). The van der Waals surface area contributed by atoms with Gasteiger partial charge in [0.2, 0.25) is 0 Å². The minimum Gasteiger partial charge on any atom is -0.280 e. The van der Waals surface area contributed by atoms with E-state index in [1.54, 1.807) is 0 Å². The topological polar surface area (TPSA) is 105 Å². The van der Waals surface area contributed by atoms with Crippen LogP contribution in [0.3, 0.4) is 0 Å². The lowest BCUT2D eigenvalue weighted by atomic mass is 10.2. The Bertz CT molecular complexity index is 1090. The van der Waals surface area contributed by atoms with Crippen LogP contribution in [0.2, 0.25) is 8.67 Å². The van der Waals surface area contributed by atoms with E-state index in [-0.39, 0.29) is 24.2 Å². The quantitative estimate of drug-likeness (QED) is 0.669. The van der Waals surface area contributed by atoms with Crippen LogP contribution in [0.15, 0.2) is 45.1 Å². The fourth-order valence-corrected chi connectivity index (χ4v) is 6.89. The first-order valence-electron chi connectivity index (χ1n) is 8.31. The molecule has 0 saturated carbocycles. The molecule has 0 amide bonds. The average Bonchev–Trinajstić information content (AvgIpc) is 2.80. The third kappa shape index (κ3) is 5.18. The number of nitrogens with zero attached hydrogens (tertiary/aromatic N) is 1. The first-order chi connectivity index (χ1) is 13.2. The Kier molecular flexibility index (Phi) is 6.55. The first kappa shape index (κ1) is 21.4. The summed E-state index contributed by atoms with van der Waals surface area (Å²) in [6, 6.07) is 6.62. The third-order valence-corrected chi connectivity index (χ3v) is 8.49. The van der Waals surface area contributed by atoms with Crippen molar-refractivity contribution in [1.82, 2.24) is 4.72 Å². The van der Waals surface area contributed by atoms with Crippen molar-refractivity contribution >= 4 is 66.1 Å². The number of thiophene rings is 1. The second-order valence-electron chi connectivity index (χ2n) is 6.06. The molecule has 1 aromatic heterocycles. The van der Waals surface area contributed by atoms with Crippen LogP contribution in [0.25, 0.3) is 0 Å². The maximum atomic E-state index is 12.5. The van der Waals surface area contributed by atoms with Gasteiger partial charge in [0, 0.05) is 18.7 Å². The van der Waals surface area contributed by atoms with Crippen LogP contribution >= 0.6 is 34.5 Å². The molecule has 0 atom stereocenters. The number of sulfonamides is 2. The zero-order valence-electron chi connectivity index (χ0n) is 14.5. The number of benzene rings is 1. The van der Waals surface area contributed by atoms with Gasteiger partial charge in [0.25, 0.3) is 20.0 Å². The molecule has 28 heavy (non-hydrogen) atoms. The van der Waals surface area contributed by atoms with Crippen molar-refractivity contribution in [2.75, 3.05) is 11.3 Å². The van der Waals surface area contributed by atoms with Gasteiger partial charge in [-0.3, -0.25) is 14.4 Å². The molecule has 2 N–H and O–H groups in total. The van der Waals surface area contributed by atoms with E-state index in [4.69, 9.17) is 23.2 Å². The number of rotatable bonds is 5. The zero-order valence-corrected chi connectivity index (χ0v) is 18.4. The number of aliphatic imine (C=N–C) groups is 1. The number of nitrogens with one attached hydrogen (secondary N) is 2. The highest BCUT2D eigenvalue weighted by atomic mass is 35.5. The van der Waals surface area contributed by atoms with Crippen molar-refractivity contribution in [2.24, 2.45) is 4.99 Å². The molecule has 0 radical (unpaired) electrons. The monoisotopic (exact) mass is 481 g/mol. The number of hydrogen-bond acceptors (Lipinski definition) is 6. The molecule has 1 aliphatic rings. The van der Waals surface area contributed by atoms with Crippen LogP contribution in [0.1, 0.15) is 25.7 Å². The van der Waals surface area contributed by atoms with E-state index in [0.29, 0.717) is 18.8 Å². The minimum absolute atomic E-state index is 0.0130. The molecule has 3 rings (SSSR count). The van der Waals surface area contributed by atoms with Gasteiger partial charge < -0.3 is 0 Å². The van der Waals surface area contributed by atoms with Crippen molar-refractivity contribution in [3.63, 3.8) is 0 Å². The summed E-state index contributed by atoms with van der Waals surface area (Å²) in [5, 5.41) is 0. The summed E-state index contributed by atoms with van der Waals surface area (Å²) >= 11 is 12.6. The van der Waals surface area contributed by atoms with E-state index in [9.17, 15) is 16.8 Å². The van der Waals surface area contributed by atoms with Crippen LogP contribution in [0.5, 0.6) is 0 Å². The summed E-state index contributed by atoms with van der Waals surface area (Å²) < 4.78 is 55.0. The smallest absolute Gasteiger partial charge is 0.264 e. The lowest BCUT2D eigenvalue weighted by Gasteiger charge is -2.11. The summed E-state index contributed by atoms with van der Waals surface area (Å²) in [4.78, 5) is 4.14. The zero-order chi connectivity index (χ0) is 20.4. The van der Waals surface area contributed by atoms with Crippen molar-refractivity contribution in [3.8, 4) is 0 Å². The molecule has 152 valence electrons. The molecule has 7 nitrogen and oxygen atoms in total. The van der Waals surface area contributed by atoms with Crippen LogP contribution < -0.4 is 9.44 Å². The van der Waals surface area contributed by atoms with Crippen LogP contribution in [-0.2, 0) is 20.0 Å². The molecule has 0 fully saturated rings. The predicted molar refractivity (Wildman–Crippen MR) is 113 cm³/mol. The molecule has 0 aliphatic carbocycles. The Morgan fingerprint density at radius 1 is 0.929 bits per heavy atom. The molecule has 12 heteroatoms. The van der Waals surface area contributed by atoms with E-state index >= 15 is 0 Å². The van der Waals surface area contributed by atoms with Crippen LogP contribution in [-0.4, -0.2) is 29.2 Å². The number of halogens is 2.